The van der Waals surface area contributed by atoms with Gasteiger partial charge in [0.05, 0.1) is 12.1 Å². The van der Waals surface area contributed by atoms with Crippen LogP contribution in [0.3, 0.4) is 0 Å². The molecule has 2 aromatic heterocycles. The summed E-state index contributed by atoms with van der Waals surface area (Å²) in [6.07, 6.45) is 1.48. The molecule has 0 aliphatic heterocycles. The van der Waals surface area contributed by atoms with Crippen molar-refractivity contribution < 1.29 is 13.4 Å². The van der Waals surface area contributed by atoms with Crippen LogP contribution in [0.25, 0.3) is 38.0 Å². The van der Waals surface area contributed by atoms with E-state index in [0.29, 0.717) is 16.8 Å². The van der Waals surface area contributed by atoms with Gasteiger partial charge in [-0.15, -0.1) is 0 Å². The van der Waals surface area contributed by atoms with Crippen LogP contribution in [0.2, 0.25) is 0 Å². The van der Waals surface area contributed by atoms with Crippen molar-refractivity contribution in [3.63, 3.8) is 0 Å². The molecular weight excluding hydrogens is 315 g/mol. The maximum atomic E-state index is 13.9. The zero-order chi connectivity index (χ0) is 17.7. The molecule has 2 heterocycles. The zero-order valence-electron chi connectivity index (χ0n) is 14.2. The molecule has 0 saturated heterocycles. The summed E-state index contributed by atoms with van der Waals surface area (Å²) < 4.78 is 21.8. The first-order valence-corrected chi connectivity index (χ1v) is 7.99. The molecule has 4 heteroatoms. The second kappa shape index (κ2) is 5.42. The van der Waals surface area contributed by atoms with Gasteiger partial charge in [-0.2, -0.15) is 4.57 Å². The smallest absolute Gasteiger partial charge is 0.229 e. The number of benzene rings is 2. The molecule has 0 saturated carbocycles. The minimum Gasteiger partial charge on any atom is -0.466 e. The highest BCUT2D eigenvalue weighted by atomic mass is 19.1. The van der Waals surface area contributed by atoms with Gasteiger partial charge < -0.3 is 4.42 Å². The van der Waals surface area contributed by atoms with E-state index in [4.69, 9.17) is 11.0 Å². The second-order valence-electron chi connectivity index (χ2n) is 6.30. The van der Waals surface area contributed by atoms with Gasteiger partial charge >= 0.3 is 0 Å². The van der Waals surface area contributed by atoms with Crippen molar-refractivity contribution in [3.05, 3.63) is 71.0 Å². The lowest BCUT2D eigenvalue weighted by Crippen LogP contribution is -2.31. The summed E-state index contributed by atoms with van der Waals surface area (Å²) in [5.74, 6) is -0.240. The molecule has 4 aromatic rings. The number of hydrogen-bond acceptors (Lipinski definition) is 1. The van der Waals surface area contributed by atoms with E-state index >= 15 is 0 Å². The Morgan fingerprint density at radius 2 is 1.80 bits per heavy atom. The fraction of sp³-hybridized carbons (Fsp3) is 0.143. The summed E-state index contributed by atoms with van der Waals surface area (Å²) in [6.45, 7) is 11.1. The molecule has 0 fully saturated rings. The fourth-order valence-electron chi connectivity index (χ4n) is 3.32. The van der Waals surface area contributed by atoms with Crippen LogP contribution >= 0.6 is 0 Å². The number of furan rings is 1. The van der Waals surface area contributed by atoms with Crippen LogP contribution in [-0.4, -0.2) is 0 Å². The number of aryl methyl sites for hydroxylation is 3. The highest BCUT2D eigenvalue weighted by Gasteiger charge is 2.22. The molecule has 0 spiro atoms. The summed E-state index contributed by atoms with van der Waals surface area (Å²) in [7, 11) is 1.82. The molecule has 3 nitrogen and oxygen atoms in total. The van der Waals surface area contributed by atoms with E-state index < -0.39 is 0 Å². The Bertz CT molecular complexity index is 1200. The minimum absolute atomic E-state index is 0.240. The summed E-state index contributed by atoms with van der Waals surface area (Å²) in [5.41, 5.74) is 5.26. The van der Waals surface area contributed by atoms with Crippen molar-refractivity contribution in [1.82, 2.24) is 0 Å². The van der Waals surface area contributed by atoms with Gasteiger partial charge in [0.25, 0.3) is 0 Å². The highest BCUT2D eigenvalue weighted by molar-refractivity contribution is 6.12. The van der Waals surface area contributed by atoms with Crippen molar-refractivity contribution in [2.45, 2.75) is 13.8 Å². The Balaban J connectivity index is 2.17. The third-order valence-corrected chi connectivity index (χ3v) is 4.65. The van der Waals surface area contributed by atoms with Crippen LogP contribution in [0.4, 0.5) is 10.1 Å². The number of para-hydroxylation sites is 1. The molecular formula is C21H16FN2O+. The molecule has 4 rings (SSSR count). The van der Waals surface area contributed by atoms with E-state index in [-0.39, 0.29) is 5.82 Å². The van der Waals surface area contributed by atoms with Crippen molar-refractivity contribution in [2.24, 2.45) is 7.05 Å². The van der Waals surface area contributed by atoms with Crippen LogP contribution in [0, 0.1) is 26.2 Å². The monoisotopic (exact) mass is 331 g/mol. The topological polar surface area (TPSA) is 21.4 Å². The molecule has 0 amide bonds. The van der Waals surface area contributed by atoms with Crippen LogP contribution in [0.15, 0.2) is 47.0 Å². The molecule has 0 bridgehead atoms. The average Bonchev–Trinajstić information content (AvgIpc) is 2.97. The van der Waals surface area contributed by atoms with Crippen LogP contribution in [-0.2, 0) is 7.05 Å². The molecule has 0 unspecified atom stereocenters. The van der Waals surface area contributed by atoms with Gasteiger partial charge in [-0.25, -0.2) is 9.24 Å². The predicted molar refractivity (Wildman–Crippen MR) is 96.0 cm³/mol. The van der Waals surface area contributed by atoms with Crippen molar-refractivity contribution >= 4 is 27.6 Å². The summed E-state index contributed by atoms with van der Waals surface area (Å²) in [6, 6.07) is 11.5. The quantitative estimate of drug-likeness (QED) is 0.339. The van der Waals surface area contributed by atoms with Gasteiger partial charge in [0, 0.05) is 16.8 Å². The number of nitrogens with zero attached hydrogens (tertiary/aromatic N) is 2. The summed E-state index contributed by atoms with van der Waals surface area (Å²) >= 11 is 0. The fourth-order valence-corrected chi connectivity index (χ4v) is 3.32. The van der Waals surface area contributed by atoms with Gasteiger partial charge in [0.15, 0.2) is 5.82 Å². The molecule has 0 radical (unpaired) electrons. The molecule has 0 atom stereocenters. The molecule has 122 valence electrons. The van der Waals surface area contributed by atoms with Crippen LogP contribution in [0.5, 0.6) is 0 Å². The lowest BCUT2D eigenvalue weighted by molar-refractivity contribution is -0.662. The van der Waals surface area contributed by atoms with E-state index in [1.807, 2.05) is 44.3 Å². The third-order valence-electron chi connectivity index (χ3n) is 4.65. The van der Waals surface area contributed by atoms with Crippen molar-refractivity contribution in [3.8, 4) is 11.3 Å². The number of aromatic nitrogens is 1. The maximum Gasteiger partial charge on any atom is 0.229 e. The van der Waals surface area contributed by atoms with Crippen LogP contribution < -0.4 is 4.57 Å². The largest absolute Gasteiger partial charge is 0.466 e. The Labute approximate surface area is 144 Å². The second-order valence-corrected chi connectivity index (χ2v) is 6.30. The maximum absolute atomic E-state index is 13.9. The lowest BCUT2D eigenvalue weighted by Gasteiger charge is -2.06. The zero-order valence-corrected chi connectivity index (χ0v) is 14.2. The van der Waals surface area contributed by atoms with Crippen LogP contribution in [0.1, 0.15) is 11.1 Å². The van der Waals surface area contributed by atoms with Gasteiger partial charge in [-0.3, -0.25) is 0 Å². The van der Waals surface area contributed by atoms with Crippen molar-refractivity contribution in [2.75, 3.05) is 0 Å². The SMILES string of the molecule is [C-]#[N+]c1cccc2c1oc1c(-c3cc(C)c(F)c[n+]3C)c(C)ccc12. The Morgan fingerprint density at radius 3 is 2.56 bits per heavy atom. The standard InChI is InChI=1S/C21H16FN2O/c1-12-8-9-15-14-6-5-7-17(23-3)20(14)25-21(15)19(12)18-10-13(2)16(22)11-24(18)4/h5-11H,1-2,4H3/q+1. The van der Waals surface area contributed by atoms with Gasteiger partial charge in [0.1, 0.15) is 18.2 Å². The highest BCUT2D eigenvalue weighted by Crippen LogP contribution is 2.40. The number of pyridine rings is 1. The van der Waals surface area contributed by atoms with Gasteiger partial charge in [-0.1, -0.05) is 30.3 Å². The Hall–Kier alpha value is -3.19. The van der Waals surface area contributed by atoms with Crippen molar-refractivity contribution in [1.29, 1.82) is 0 Å². The minimum atomic E-state index is -0.240. The van der Waals surface area contributed by atoms with Gasteiger partial charge in [0.2, 0.25) is 17.6 Å². The van der Waals surface area contributed by atoms with E-state index in [1.54, 1.807) is 17.6 Å². The lowest BCUT2D eigenvalue weighted by atomic mass is 9.99. The first-order valence-electron chi connectivity index (χ1n) is 7.99. The number of halogens is 1. The third kappa shape index (κ3) is 2.20. The predicted octanol–water partition coefficient (Wildman–Crippen LogP) is 5.38. The normalized spacial score (nSPS) is 11.2. The van der Waals surface area contributed by atoms with E-state index in [2.05, 4.69) is 4.85 Å². The Kier molecular flexibility index (Phi) is 3.33. The molecule has 0 N–H and O–H groups in total. The molecule has 25 heavy (non-hydrogen) atoms. The van der Waals surface area contributed by atoms with E-state index in [9.17, 15) is 4.39 Å². The molecule has 2 aromatic carbocycles. The summed E-state index contributed by atoms with van der Waals surface area (Å²) in [5, 5.41) is 1.88. The molecule has 0 aliphatic rings. The van der Waals surface area contributed by atoms with E-state index in [1.165, 1.54) is 6.20 Å². The molecule has 0 aliphatic carbocycles. The number of hydrogen-bond donors (Lipinski definition) is 0. The number of rotatable bonds is 1. The Morgan fingerprint density at radius 1 is 1.04 bits per heavy atom. The first kappa shape index (κ1) is 15.3. The van der Waals surface area contributed by atoms with E-state index in [0.717, 1.165) is 33.2 Å². The summed E-state index contributed by atoms with van der Waals surface area (Å²) in [4.78, 5) is 3.56. The number of fused-ring (bicyclic) bond motifs is 3. The van der Waals surface area contributed by atoms with Gasteiger partial charge in [-0.05, 0) is 25.0 Å². The first-order chi connectivity index (χ1) is 12.0. The average molecular weight is 331 g/mol.